The molecule has 3 fully saturated rings. The van der Waals surface area contributed by atoms with Crippen molar-refractivity contribution < 1.29 is 28.8 Å². The van der Waals surface area contributed by atoms with Gasteiger partial charge >= 0.3 is 6.03 Å². The molecule has 0 unspecified atom stereocenters. The zero-order valence-corrected chi connectivity index (χ0v) is 26.7. The molecular formula is C31H52N6O6. The minimum absolute atomic E-state index is 0.0940. The molecule has 4 N–H and O–H groups in total. The molecule has 0 spiro atoms. The van der Waals surface area contributed by atoms with Gasteiger partial charge in [0.25, 0.3) is 5.91 Å². The average Bonchev–Trinajstić information content (AvgIpc) is 3.45. The standard InChI is InChI=1S/C31H52N6O6/c1-6-32-27(41)22(38)19-33-26(40)21-13-12-18-37(21)28(42)25(31(5)15-9-7-10-16-31)35-29(43)34-23(30(2,3)4)20-36-17-11-8-14-24(36)39/h21,23,25H,6-20H2,1-5H3,(H,32,41)(H,33,40)(H2,34,35,43)/t21-,23+,25+/m0/s1. The van der Waals surface area contributed by atoms with Gasteiger partial charge in [-0.15, -0.1) is 0 Å². The molecule has 1 saturated carbocycles. The average molecular weight is 605 g/mol. The van der Waals surface area contributed by atoms with Crippen molar-refractivity contribution in [3.8, 4) is 0 Å². The second kappa shape index (κ2) is 15.0. The molecule has 2 saturated heterocycles. The highest BCUT2D eigenvalue weighted by Crippen LogP contribution is 2.40. The summed E-state index contributed by atoms with van der Waals surface area (Å²) in [5, 5.41) is 11.0. The van der Waals surface area contributed by atoms with Gasteiger partial charge in [0.05, 0.1) is 12.6 Å². The lowest BCUT2D eigenvalue weighted by Crippen LogP contribution is -2.62. The van der Waals surface area contributed by atoms with Crippen LogP contribution in [0.15, 0.2) is 0 Å². The molecule has 0 aromatic heterocycles. The quantitative estimate of drug-likeness (QED) is 0.264. The van der Waals surface area contributed by atoms with Crippen molar-refractivity contribution >= 4 is 35.4 Å². The van der Waals surface area contributed by atoms with Crippen LogP contribution in [0.1, 0.15) is 98.8 Å². The molecule has 2 aliphatic heterocycles. The van der Waals surface area contributed by atoms with E-state index in [4.69, 9.17) is 0 Å². The number of carbonyl (C=O) groups is 6. The number of ketones is 1. The van der Waals surface area contributed by atoms with Gasteiger partial charge in [0, 0.05) is 32.6 Å². The number of likely N-dealkylation sites (tertiary alicyclic amines) is 2. The summed E-state index contributed by atoms with van der Waals surface area (Å²) >= 11 is 0. The number of hydrogen-bond acceptors (Lipinski definition) is 6. The maximum atomic E-state index is 14.2. The van der Waals surface area contributed by atoms with Crippen molar-refractivity contribution in [1.82, 2.24) is 31.1 Å². The van der Waals surface area contributed by atoms with Gasteiger partial charge in [-0.25, -0.2) is 4.79 Å². The van der Waals surface area contributed by atoms with E-state index >= 15 is 0 Å². The molecule has 3 aliphatic rings. The van der Waals surface area contributed by atoms with Gasteiger partial charge in [-0.2, -0.15) is 0 Å². The normalized spacial score (nSPS) is 21.9. The van der Waals surface area contributed by atoms with E-state index in [9.17, 15) is 28.8 Å². The third kappa shape index (κ3) is 9.15. The van der Waals surface area contributed by atoms with Crippen LogP contribution in [0.4, 0.5) is 4.79 Å². The first-order chi connectivity index (χ1) is 20.3. The fourth-order valence-electron chi connectivity index (χ4n) is 6.42. The van der Waals surface area contributed by atoms with Crippen LogP contribution in [0.2, 0.25) is 0 Å². The molecule has 0 aromatic rings. The zero-order chi connectivity index (χ0) is 31.8. The van der Waals surface area contributed by atoms with Crippen molar-refractivity contribution in [2.24, 2.45) is 10.8 Å². The summed E-state index contributed by atoms with van der Waals surface area (Å²) in [7, 11) is 0. The smallest absolute Gasteiger partial charge is 0.315 e. The molecule has 12 heteroatoms. The first-order valence-electron chi connectivity index (χ1n) is 16.0. The lowest BCUT2D eigenvalue weighted by atomic mass is 9.70. The summed E-state index contributed by atoms with van der Waals surface area (Å²) < 4.78 is 0. The lowest BCUT2D eigenvalue weighted by molar-refractivity contribution is -0.143. The van der Waals surface area contributed by atoms with Crippen LogP contribution in [0.25, 0.3) is 0 Å². The molecule has 3 rings (SSSR count). The highest BCUT2D eigenvalue weighted by Gasteiger charge is 2.46. The van der Waals surface area contributed by atoms with Crippen molar-refractivity contribution in [3.05, 3.63) is 0 Å². The van der Waals surface area contributed by atoms with Gasteiger partial charge in [0.15, 0.2) is 0 Å². The minimum Gasteiger partial charge on any atom is -0.350 e. The molecular weight excluding hydrogens is 552 g/mol. The maximum absolute atomic E-state index is 14.2. The number of nitrogens with zero attached hydrogens (tertiary/aromatic N) is 2. The Morgan fingerprint density at radius 2 is 1.63 bits per heavy atom. The highest BCUT2D eigenvalue weighted by atomic mass is 16.2. The SMILES string of the molecule is CCNC(=O)C(=O)CNC(=O)[C@@H]1CCCN1C(=O)[C@@H](NC(=O)N[C@H](CN1CCCCC1=O)C(C)(C)C)C1(C)CCCCC1. The Labute approximate surface area is 255 Å². The van der Waals surface area contributed by atoms with Gasteiger partial charge < -0.3 is 31.1 Å². The van der Waals surface area contributed by atoms with Gasteiger partial charge in [-0.3, -0.25) is 24.0 Å². The van der Waals surface area contributed by atoms with Gasteiger partial charge in [-0.05, 0) is 56.3 Å². The Hall–Kier alpha value is -3.18. The number of hydrogen-bond donors (Lipinski definition) is 4. The van der Waals surface area contributed by atoms with E-state index < -0.39 is 47.7 Å². The summed E-state index contributed by atoms with van der Waals surface area (Å²) in [4.78, 5) is 80.6. The van der Waals surface area contributed by atoms with Crippen LogP contribution < -0.4 is 21.3 Å². The fraction of sp³-hybridized carbons (Fsp3) is 0.806. The second-order valence-corrected chi connectivity index (χ2v) is 13.7. The summed E-state index contributed by atoms with van der Waals surface area (Å²) in [6, 6.07) is -2.45. The van der Waals surface area contributed by atoms with Crippen LogP contribution in [0.3, 0.4) is 0 Å². The van der Waals surface area contributed by atoms with Crippen molar-refractivity contribution in [2.75, 3.05) is 32.7 Å². The minimum atomic E-state index is -0.851. The molecule has 12 nitrogen and oxygen atoms in total. The van der Waals surface area contributed by atoms with E-state index in [2.05, 4.69) is 21.3 Å². The lowest BCUT2D eigenvalue weighted by Gasteiger charge is -2.43. The topological polar surface area (TPSA) is 157 Å². The summed E-state index contributed by atoms with van der Waals surface area (Å²) in [6.07, 6.45) is 7.85. The second-order valence-electron chi connectivity index (χ2n) is 13.7. The van der Waals surface area contributed by atoms with Crippen molar-refractivity contribution in [2.45, 2.75) is 117 Å². The summed E-state index contributed by atoms with van der Waals surface area (Å²) in [5.41, 5.74) is -0.836. The van der Waals surface area contributed by atoms with E-state index in [1.165, 1.54) is 4.90 Å². The molecule has 43 heavy (non-hydrogen) atoms. The Morgan fingerprint density at radius 1 is 0.930 bits per heavy atom. The number of Topliss-reactive ketones (excluding diaryl/α,β-unsaturated/α-hetero) is 1. The molecule has 1 aliphatic carbocycles. The van der Waals surface area contributed by atoms with Crippen LogP contribution in [-0.2, 0) is 24.0 Å². The largest absolute Gasteiger partial charge is 0.350 e. The Morgan fingerprint density at radius 3 is 2.26 bits per heavy atom. The molecule has 3 atom stereocenters. The van der Waals surface area contributed by atoms with Crippen LogP contribution in [0, 0.1) is 10.8 Å². The first kappa shape index (κ1) is 34.3. The molecule has 2 heterocycles. The Bertz CT molecular complexity index is 1050. The van der Waals surface area contributed by atoms with E-state index in [-0.39, 0.29) is 23.3 Å². The van der Waals surface area contributed by atoms with Crippen LogP contribution in [-0.4, -0.2) is 96.1 Å². The predicted molar refractivity (Wildman–Crippen MR) is 162 cm³/mol. The van der Waals surface area contributed by atoms with E-state index in [1.807, 2.05) is 32.6 Å². The number of piperidine rings is 1. The van der Waals surface area contributed by atoms with Crippen molar-refractivity contribution in [1.29, 1.82) is 0 Å². The molecule has 242 valence electrons. The highest BCUT2D eigenvalue weighted by molar-refractivity contribution is 6.37. The summed E-state index contributed by atoms with van der Waals surface area (Å²) in [5.74, 6) is -2.22. The third-order valence-corrected chi connectivity index (χ3v) is 9.24. The third-order valence-electron chi connectivity index (χ3n) is 9.24. The van der Waals surface area contributed by atoms with Crippen molar-refractivity contribution in [3.63, 3.8) is 0 Å². The molecule has 0 bridgehead atoms. The van der Waals surface area contributed by atoms with E-state index in [0.717, 1.165) is 44.9 Å². The monoisotopic (exact) mass is 604 g/mol. The number of amides is 6. The maximum Gasteiger partial charge on any atom is 0.315 e. The zero-order valence-electron chi connectivity index (χ0n) is 26.7. The van der Waals surface area contributed by atoms with Gasteiger partial charge in [0.1, 0.15) is 12.1 Å². The first-order valence-corrected chi connectivity index (χ1v) is 16.0. The number of rotatable bonds is 11. The molecule has 0 radical (unpaired) electrons. The Balaban J connectivity index is 1.75. The van der Waals surface area contributed by atoms with Gasteiger partial charge in [0.2, 0.25) is 23.5 Å². The number of carbonyl (C=O) groups excluding carboxylic acids is 6. The van der Waals surface area contributed by atoms with E-state index in [1.54, 1.807) is 6.92 Å². The van der Waals surface area contributed by atoms with Gasteiger partial charge in [-0.1, -0.05) is 47.0 Å². The molecule has 6 amide bonds. The Kier molecular flexibility index (Phi) is 12.0. The predicted octanol–water partition coefficient (Wildman–Crippen LogP) is 1.86. The number of urea groups is 1. The number of likely N-dealkylation sites (N-methyl/N-ethyl adjacent to an activating group) is 1. The van der Waals surface area contributed by atoms with Crippen LogP contribution >= 0.6 is 0 Å². The van der Waals surface area contributed by atoms with Crippen LogP contribution in [0.5, 0.6) is 0 Å². The summed E-state index contributed by atoms with van der Waals surface area (Å²) in [6.45, 7) is 11.1. The fourth-order valence-corrected chi connectivity index (χ4v) is 6.42. The number of nitrogens with one attached hydrogen (secondary N) is 4. The van der Waals surface area contributed by atoms with E-state index in [0.29, 0.717) is 45.4 Å². The molecule has 0 aromatic carbocycles.